The van der Waals surface area contributed by atoms with E-state index in [1.165, 1.54) is 61.2 Å². The molecule has 0 unspecified atom stereocenters. The highest BCUT2D eigenvalue weighted by atomic mass is 16.7. The summed E-state index contributed by atoms with van der Waals surface area (Å²) in [7, 11) is -0.343. The van der Waals surface area contributed by atoms with E-state index in [2.05, 4.69) is 198 Å². The SMILES string of the molecule is CCC(O)(/C=C/c1ccc(C(CC)(CC)c2ccc(B3OC(C)(C)C(C)(C)O3)cc2)cc1C)CC.CCc1cc(-c2ccc(C(CC)(CC)c3ccc(/C=C/C(O)(CC)CC)c(C)c3)cc2)ccc1C.O=C=O. The van der Waals surface area contributed by atoms with Crippen LogP contribution in [-0.2, 0) is 36.1 Å². The Hall–Kier alpha value is -5.14. The van der Waals surface area contributed by atoms with E-state index in [9.17, 15) is 10.2 Å². The predicted molar refractivity (Wildman–Crippen MR) is 307 cm³/mol. The van der Waals surface area contributed by atoms with Crippen LogP contribution in [0.3, 0.4) is 0 Å². The van der Waals surface area contributed by atoms with Gasteiger partial charge in [-0.25, -0.2) is 0 Å². The van der Waals surface area contributed by atoms with Gasteiger partial charge in [-0.1, -0.05) is 190 Å². The van der Waals surface area contributed by atoms with Crippen molar-refractivity contribution in [3.63, 3.8) is 0 Å². The van der Waals surface area contributed by atoms with Gasteiger partial charge in [-0.2, -0.15) is 9.59 Å². The molecule has 0 spiro atoms. The van der Waals surface area contributed by atoms with Crippen LogP contribution >= 0.6 is 0 Å². The Morgan fingerprint density at radius 1 is 0.479 bits per heavy atom. The van der Waals surface area contributed by atoms with Crippen molar-refractivity contribution in [3.05, 3.63) is 171 Å². The van der Waals surface area contributed by atoms with Crippen molar-refractivity contribution >= 4 is 30.9 Å². The highest BCUT2D eigenvalue weighted by Crippen LogP contribution is 2.42. The lowest BCUT2D eigenvalue weighted by molar-refractivity contribution is -0.191. The van der Waals surface area contributed by atoms with E-state index in [1.54, 1.807) is 0 Å². The molecule has 6 rings (SSSR count). The summed E-state index contributed by atoms with van der Waals surface area (Å²) in [6.07, 6.45) is 16.4. The van der Waals surface area contributed by atoms with Gasteiger partial charge in [0.15, 0.2) is 0 Å². The van der Waals surface area contributed by atoms with Gasteiger partial charge >= 0.3 is 13.3 Å². The molecule has 73 heavy (non-hydrogen) atoms. The van der Waals surface area contributed by atoms with Crippen molar-refractivity contribution in [2.45, 2.75) is 202 Å². The molecule has 0 radical (unpaired) electrons. The van der Waals surface area contributed by atoms with Crippen LogP contribution in [0.5, 0.6) is 0 Å². The van der Waals surface area contributed by atoms with Gasteiger partial charge in [-0.3, -0.25) is 0 Å². The van der Waals surface area contributed by atoms with Crippen LogP contribution in [0.2, 0.25) is 0 Å². The van der Waals surface area contributed by atoms with Gasteiger partial charge in [0.25, 0.3) is 0 Å². The third kappa shape index (κ3) is 13.8. The molecule has 5 aromatic rings. The standard InChI is InChI=1S/C34H44O.C31H45BO3.CO2/c1-8-27-24-30(14-13-25(27)6)29-16-18-31(19-17-29)34(11-4,12-5)32-20-15-28(26(7)23-32)21-22-33(35,9-2)10-3;1-10-30(33,11-2)21-20-24-14-15-26(22-23(24)5)31(12-3,13-4)25-16-18-27(19-17-25)32-34-28(6,7)29(8,9)35-32;2-1-3/h13-24,35H,8-12H2,1-7H3;14-22,33H,10-13H2,1-9H3;/b22-21+;21-20+;. The highest BCUT2D eigenvalue weighted by molar-refractivity contribution is 6.62. The molecule has 1 saturated heterocycles. The number of benzene rings is 5. The van der Waals surface area contributed by atoms with Crippen molar-refractivity contribution in [1.82, 2.24) is 0 Å². The van der Waals surface area contributed by atoms with Crippen molar-refractivity contribution in [2.75, 3.05) is 0 Å². The zero-order valence-electron chi connectivity index (χ0n) is 47.6. The molecule has 1 aliphatic rings. The van der Waals surface area contributed by atoms with Crippen LogP contribution in [0.4, 0.5) is 0 Å². The fourth-order valence-electron chi connectivity index (χ4n) is 10.4. The Labute approximate surface area is 441 Å². The zero-order chi connectivity index (χ0) is 54.4. The van der Waals surface area contributed by atoms with Gasteiger partial charge in [0.05, 0.1) is 22.4 Å². The van der Waals surface area contributed by atoms with E-state index in [0.717, 1.165) is 56.0 Å². The molecule has 7 heteroatoms. The number of aliphatic hydroxyl groups is 2. The van der Waals surface area contributed by atoms with Gasteiger partial charge in [0.2, 0.25) is 0 Å². The normalized spacial score (nSPS) is 14.7. The molecule has 0 saturated carbocycles. The van der Waals surface area contributed by atoms with Gasteiger partial charge in [0, 0.05) is 10.8 Å². The Bertz CT molecular complexity index is 2620. The molecule has 2 N–H and O–H groups in total. The lowest BCUT2D eigenvalue weighted by Gasteiger charge is -2.34. The number of aryl methyl sites for hydroxylation is 4. The second-order valence-corrected chi connectivity index (χ2v) is 21.4. The molecule has 1 aliphatic heterocycles. The van der Waals surface area contributed by atoms with Gasteiger partial charge < -0.3 is 19.5 Å². The maximum atomic E-state index is 10.7. The van der Waals surface area contributed by atoms with E-state index in [1.807, 2.05) is 39.8 Å². The minimum atomic E-state index is -0.735. The first-order valence-corrected chi connectivity index (χ1v) is 27.2. The number of rotatable bonds is 19. The lowest BCUT2D eigenvalue weighted by Crippen LogP contribution is -2.41. The second kappa shape index (κ2) is 25.9. The molecule has 1 heterocycles. The van der Waals surface area contributed by atoms with Crippen LogP contribution in [0.15, 0.2) is 115 Å². The third-order valence-corrected chi connectivity index (χ3v) is 17.1. The van der Waals surface area contributed by atoms with Crippen LogP contribution in [0.25, 0.3) is 23.3 Å². The molecule has 0 atom stereocenters. The summed E-state index contributed by atoms with van der Waals surface area (Å²) in [5.41, 5.74) is 14.4. The van der Waals surface area contributed by atoms with Crippen molar-refractivity contribution in [3.8, 4) is 11.1 Å². The average Bonchev–Trinajstić information content (AvgIpc) is 3.62. The maximum absolute atomic E-state index is 10.7. The summed E-state index contributed by atoms with van der Waals surface area (Å²) in [6.45, 7) is 34.4. The van der Waals surface area contributed by atoms with E-state index in [4.69, 9.17) is 18.9 Å². The summed E-state index contributed by atoms with van der Waals surface area (Å²) in [6, 6.07) is 38.5. The number of hydrogen-bond donors (Lipinski definition) is 2. The Balaban J connectivity index is 0.000000300. The minimum Gasteiger partial charge on any atom is -0.399 e. The van der Waals surface area contributed by atoms with Crippen molar-refractivity contribution in [1.29, 1.82) is 0 Å². The average molecular weight is 989 g/mol. The summed E-state index contributed by atoms with van der Waals surface area (Å²) >= 11 is 0. The predicted octanol–water partition coefficient (Wildman–Crippen LogP) is 15.6. The van der Waals surface area contributed by atoms with Crippen LogP contribution in [-0.4, -0.2) is 45.9 Å². The number of carbonyl (C=O) groups excluding carboxylic acids is 2. The smallest absolute Gasteiger partial charge is 0.399 e. The molecule has 1 fully saturated rings. The van der Waals surface area contributed by atoms with E-state index < -0.39 is 11.2 Å². The van der Waals surface area contributed by atoms with Crippen molar-refractivity contribution < 1.29 is 29.1 Å². The van der Waals surface area contributed by atoms with Crippen LogP contribution in [0.1, 0.15) is 197 Å². The molecule has 0 aromatic heterocycles. The van der Waals surface area contributed by atoms with Gasteiger partial charge in [0.1, 0.15) is 0 Å². The minimum absolute atomic E-state index is 0.0129. The zero-order valence-corrected chi connectivity index (χ0v) is 47.6. The van der Waals surface area contributed by atoms with Crippen LogP contribution < -0.4 is 5.46 Å². The Kier molecular flexibility index (Phi) is 21.4. The molecule has 6 nitrogen and oxygen atoms in total. The summed E-state index contributed by atoms with van der Waals surface area (Å²) in [4.78, 5) is 16.2. The first-order chi connectivity index (χ1) is 34.5. The quantitative estimate of drug-likeness (QED) is 0.0801. The van der Waals surface area contributed by atoms with Crippen molar-refractivity contribution in [2.24, 2.45) is 0 Å². The molecule has 0 aliphatic carbocycles. The highest BCUT2D eigenvalue weighted by Gasteiger charge is 2.51. The molecule has 5 aromatic carbocycles. The first-order valence-electron chi connectivity index (χ1n) is 27.2. The summed E-state index contributed by atoms with van der Waals surface area (Å²) in [5, 5.41) is 21.3. The Morgan fingerprint density at radius 2 is 0.836 bits per heavy atom. The number of hydrogen-bond acceptors (Lipinski definition) is 6. The van der Waals surface area contributed by atoms with E-state index >= 15 is 0 Å². The Morgan fingerprint density at radius 3 is 1.18 bits per heavy atom. The molecule has 0 amide bonds. The van der Waals surface area contributed by atoms with E-state index in [0.29, 0.717) is 12.8 Å². The summed E-state index contributed by atoms with van der Waals surface area (Å²) in [5.74, 6) is 0. The first kappa shape index (κ1) is 60.4. The van der Waals surface area contributed by atoms with Crippen LogP contribution in [0, 0.1) is 20.8 Å². The van der Waals surface area contributed by atoms with Gasteiger partial charge in [-0.05, 0) is 178 Å². The maximum Gasteiger partial charge on any atom is 0.494 e. The molecule has 0 bridgehead atoms. The topological polar surface area (TPSA) is 93.1 Å². The molecular formula is C66H89BO6. The van der Waals surface area contributed by atoms with E-state index in [-0.39, 0.29) is 35.3 Å². The molecule has 392 valence electrons. The third-order valence-electron chi connectivity index (χ3n) is 17.1. The fraction of sp³-hybridized carbons (Fsp3) is 0.470. The fourth-order valence-corrected chi connectivity index (χ4v) is 10.4. The van der Waals surface area contributed by atoms with Gasteiger partial charge in [-0.15, -0.1) is 0 Å². The largest absolute Gasteiger partial charge is 0.494 e. The second-order valence-electron chi connectivity index (χ2n) is 21.4. The monoisotopic (exact) mass is 989 g/mol. The summed E-state index contributed by atoms with van der Waals surface area (Å²) < 4.78 is 12.5. The molecular weight excluding hydrogens is 900 g/mol. The lowest BCUT2D eigenvalue weighted by atomic mass is 9.69.